The number of imide groups is 1. The Hall–Kier alpha value is -1.47. The number of methoxy groups -OCH3 is 1. The van der Waals surface area contributed by atoms with Crippen molar-refractivity contribution >= 4 is 17.8 Å². The fraction of sp³-hybridized carbons (Fsp3) is 0.700. The van der Waals surface area contributed by atoms with E-state index < -0.39 is 6.04 Å². The summed E-state index contributed by atoms with van der Waals surface area (Å²) in [5, 5.41) is 2.93. The van der Waals surface area contributed by atoms with E-state index in [0.29, 0.717) is 13.0 Å². The van der Waals surface area contributed by atoms with E-state index in [-0.39, 0.29) is 37.0 Å². The van der Waals surface area contributed by atoms with E-state index >= 15 is 0 Å². The molecular formula is C10H14N2O5. The second-order valence-electron chi connectivity index (χ2n) is 4.02. The highest BCUT2D eigenvalue weighted by Crippen LogP contribution is 2.17. The zero-order valence-corrected chi connectivity index (χ0v) is 9.47. The largest absolute Gasteiger partial charge is 0.468 e. The Morgan fingerprint density at radius 2 is 2.06 bits per heavy atom. The molecule has 2 aliphatic heterocycles. The quantitative estimate of drug-likeness (QED) is 0.458. The molecule has 7 heteroatoms. The molecular weight excluding hydrogens is 228 g/mol. The van der Waals surface area contributed by atoms with E-state index in [4.69, 9.17) is 4.74 Å². The number of amides is 2. The van der Waals surface area contributed by atoms with Gasteiger partial charge in [0.15, 0.2) is 0 Å². The lowest BCUT2D eigenvalue weighted by Crippen LogP contribution is -2.52. The SMILES string of the molecule is COC(=O)[C@@H]1C[C@@H](N2C(=O)COCC2=O)CN1. The fourth-order valence-corrected chi connectivity index (χ4v) is 2.15. The molecule has 2 aliphatic rings. The number of hydrogen-bond acceptors (Lipinski definition) is 6. The minimum atomic E-state index is -0.451. The van der Waals surface area contributed by atoms with Crippen LogP contribution in [-0.4, -0.2) is 61.6 Å². The molecule has 2 heterocycles. The van der Waals surface area contributed by atoms with E-state index in [0.717, 1.165) is 0 Å². The first-order chi connectivity index (χ1) is 8.13. The zero-order valence-electron chi connectivity index (χ0n) is 9.47. The van der Waals surface area contributed by atoms with Gasteiger partial charge in [-0.05, 0) is 6.42 Å². The summed E-state index contributed by atoms with van der Waals surface area (Å²) in [6, 6.07) is -0.739. The molecule has 0 aromatic rings. The van der Waals surface area contributed by atoms with Crippen molar-refractivity contribution in [1.29, 1.82) is 0 Å². The van der Waals surface area contributed by atoms with Crippen molar-refractivity contribution in [1.82, 2.24) is 10.2 Å². The number of morpholine rings is 1. The van der Waals surface area contributed by atoms with E-state index in [1.54, 1.807) is 0 Å². The Morgan fingerprint density at radius 3 is 2.65 bits per heavy atom. The van der Waals surface area contributed by atoms with Crippen LogP contribution in [0.2, 0.25) is 0 Å². The third-order valence-electron chi connectivity index (χ3n) is 2.95. The number of carbonyl (C=O) groups excluding carboxylic acids is 3. The van der Waals surface area contributed by atoms with Crippen molar-refractivity contribution in [2.75, 3.05) is 26.9 Å². The minimum absolute atomic E-state index is 0.0782. The molecule has 17 heavy (non-hydrogen) atoms. The molecule has 2 amide bonds. The van der Waals surface area contributed by atoms with Crippen LogP contribution in [0.4, 0.5) is 0 Å². The van der Waals surface area contributed by atoms with Gasteiger partial charge in [-0.3, -0.25) is 19.3 Å². The Labute approximate surface area is 98.0 Å². The van der Waals surface area contributed by atoms with Crippen LogP contribution < -0.4 is 5.32 Å². The van der Waals surface area contributed by atoms with Gasteiger partial charge in [-0.2, -0.15) is 0 Å². The van der Waals surface area contributed by atoms with Crippen LogP contribution in [0.1, 0.15) is 6.42 Å². The van der Waals surface area contributed by atoms with E-state index in [1.165, 1.54) is 12.0 Å². The zero-order chi connectivity index (χ0) is 12.4. The molecule has 0 saturated carbocycles. The Morgan fingerprint density at radius 1 is 1.41 bits per heavy atom. The maximum Gasteiger partial charge on any atom is 0.322 e. The van der Waals surface area contributed by atoms with Gasteiger partial charge in [-0.25, -0.2) is 0 Å². The minimum Gasteiger partial charge on any atom is -0.468 e. The summed E-state index contributed by atoms with van der Waals surface area (Å²) >= 11 is 0. The van der Waals surface area contributed by atoms with E-state index in [1.807, 2.05) is 0 Å². The Balaban J connectivity index is 2.02. The maximum atomic E-state index is 11.6. The first-order valence-electron chi connectivity index (χ1n) is 5.37. The van der Waals surface area contributed by atoms with Gasteiger partial charge in [-0.15, -0.1) is 0 Å². The summed E-state index contributed by atoms with van der Waals surface area (Å²) in [5.74, 6) is -1.07. The lowest BCUT2D eigenvalue weighted by molar-refractivity contribution is -0.161. The predicted octanol–water partition coefficient (Wildman–Crippen LogP) is -1.72. The molecule has 0 radical (unpaired) electrons. The molecule has 2 rings (SSSR count). The molecule has 2 atom stereocenters. The van der Waals surface area contributed by atoms with Crippen molar-refractivity contribution in [3.05, 3.63) is 0 Å². The summed E-state index contributed by atoms with van der Waals surface area (Å²) in [6.45, 7) is 0.257. The summed E-state index contributed by atoms with van der Waals surface area (Å²) in [4.78, 5) is 35.6. The maximum absolute atomic E-state index is 11.6. The molecule has 1 N–H and O–H groups in total. The molecule has 2 saturated heterocycles. The Kier molecular flexibility index (Phi) is 3.39. The second kappa shape index (κ2) is 4.80. The van der Waals surface area contributed by atoms with Crippen molar-refractivity contribution in [2.24, 2.45) is 0 Å². The predicted molar refractivity (Wildman–Crippen MR) is 54.9 cm³/mol. The van der Waals surface area contributed by atoms with Gasteiger partial charge >= 0.3 is 5.97 Å². The first kappa shape index (κ1) is 12.0. The highest BCUT2D eigenvalue weighted by Gasteiger charge is 2.39. The van der Waals surface area contributed by atoms with Crippen LogP contribution in [0.25, 0.3) is 0 Å². The molecule has 0 bridgehead atoms. The smallest absolute Gasteiger partial charge is 0.322 e. The summed E-state index contributed by atoms with van der Waals surface area (Å²) in [7, 11) is 1.31. The molecule has 2 fully saturated rings. The van der Waals surface area contributed by atoms with Crippen LogP contribution >= 0.6 is 0 Å². The molecule has 0 aliphatic carbocycles. The Bertz CT molecular complexity index is 341. The third-order valence-corrected chi connectivity index (χ3v) is 2.95. The number of nitrogens with one attached hydrogen (secondary N) is 1. The number of ether oxygens (including phenoxy) is 2. The normalized spacial score (nSPS) is 29.6. The molecule has 0 aromatic carbocycles. The van der Waals surface area contributed by atoms with E-state index in [9.17, 15) is 14.4 Å². The van der Waals surface area contributed by atoms with Crippen LogP contribution in [-0.2, 0) is 23.9 Å². The van der Waals surface area contributed by atoms with Crippen molar-refractivity contribution in [2.45, 2.75) is 18.5 Å². The van der Waals surface area contributed by atoms with Crippen LogP contribution in [0.3, 0.4) is 0 Å². The van der Waals surface area contributed by atoms with Gasteiger partial charge in [0, 0.05) is 6.54 Å². The average molecular weight is 242 g/mol. The summed E-state index contributed by atoms with van der Waals surface area (Å²) in [6.07, 6.45) is 0.393. The number of esters is 1. The number of rotatable bonds is 2. The lowest BCUT2D eigenvalue weighted by atomic mass is 10.1. The standard InChI is InChI=1S/C10H14N2O5/c1-16-10(15)7-2-6(3-11-7)12-8(13)4-17-5-9(12)14/h6-7,11H,2-5H2,1H3/t6-,7+/m1/s1. The highest BCUT2D eigenvalue weighted by molar-refractivity contribution is 5.98. The summed E-state index contributed by atoms with van der Waals surface area (Å²) in [5.41, 5.74) is 0. The van der Waals surface area contributed by atoms with Crippen LogP contribution in [0, 0.1) is 0 Å². The summed E-state index contributed by atoms with van der Waals surface area (Å²) < 4.78 is 9.44. The van der Waals surface area contributed by atoms with Gasteiger partial charge < -0.3 is 14.8 Å². The molecule has 7 nitrogen and oxygen atoms in total. The molecule has 0 aromatic heterocycles. The number of hydrogen-bond donors (Lipinski definition) is 1. The topological polar surface area (TPSA) is 84.9 Å². The van der Waals surface area contributed by atoms with Gasteiger partial charge in [0.05, 0.1) is 13.2 Å². The fourth-order valence-electron chi connectivity index (χ4n) is 2.15. The molecule has 0 spiro atoms. The average Bonchev–Trinajstić information content (AvgIpc) is 2.77. The van der Waals surface area contributed by atoms with E-state index in [2.05, 4.69) is 10.1 Å². The van der Waals surface area contributed by atoms with Crippen molar-refractivity contribution < 1.29 is 23.9 Å². The monoisotopic (exact) mass is 242 g/mol. The van der Waals surface area contributed by atoms with Crippen molar-refractivity contribution in [3.63, 3.8) is 0 Å². The van der Waals surface area contributed by atoms with Crippen LogP contribution in [0.5, 0.6) is 0 Å². The van der Waals surface area contributed by atoms with Crippen LogP contribution in [0.15, 0.2) is 0 Å². The van der Waals surface area contributed by atoms with Gasteiger partial charge in [0.25, 0.3) is 11.8 Å². The van der Waals surface area contributed by atoms with Gasteiger partial charge in [0.1, 0.15) is 19.3 Å². The highest BCUT2D eigenvalue weighted by atomic mass is 16.5. The van der Waals surface area contributed by atoms with Gasteiger partial charge in [-0.1, -0.05) is 0 Å². The molecule has 94 valence electrons. The third kappa shape index (κ3) is 2.29. The first-order valence-corrected chi connectivity index (χ1v) is 5.37. The number of carbonyl (C=O) groups is 3. The lowest BCUT2D eigenvalue weighted by Gasteiger charge is -2.29. The second-order valence-corrected chi connectivity index (χ2v) is 4.02. The van der Waals surface area contributed by atoms with Gasteiger partial charge in [0.2, 0.25) is 0 Å². The molecule has 0 unspecified atom stereocenters. The van der Waals surface area contributed by atoms with Crippen molar-refractivity contribution in [3.8, 4) is 0 Å². The number of nitrogens with zero attached hydrogens (tertiary/aromatic N) is 1.